The molecule has 0 aromatic heterocycles. The van der Waals surface area contributed by atoms with Gasteiger partial charge in [-0.1, -0.05) is 37.1 Å². The van der Waals surface area contributed by atoms with E-state index in [1.165, 1.54) is 41.7 Å². The Morgan fingerprint density at radius 3 is 2.78 bits per heavy atom. The molecule has 2 heteroatoms. The zero-order valence-electron chi connectivity index (χ0n) is 11.8. The molecule has 1 heterocycles. The lowest BCUT2D eigenvalue weighted by molar-refractivity contribution is 0.489. The van der Waals surface area contributed by atoms with Crippen molar-refractivity contribution in [2.45, 2.75) is 51.3 Å². The molecular weight excluding hydrogens is 238 g/mol. The Morgan fingerprint density at radius 1 is 1.33 bits per heavy atom. The summed E-state index contributed by atoms with van der Waals surface area (Å²) in [6, 6.07) is 7.42. The van der Waals surface area contributed by atoms with Gasteiger partial charge in [0.1, 0.15) is 0 Å². The van der Waals surface area contributed by atoms with E-state index in [1.54, 1.807) is 0 Å². The summed E-state index contributed by atoms with van der Waals surface area (Å²) in [4.78, 5) is 0. The Labute approximate surface area is 116 Å². The summed E-state index contributed by atoms with van der Waals surface area (Å²) >= 11 is 2.16. The van der Waals surface area contributed by atoms with E-state index in [0.29, 0.717) is 6.04 Å². The van der Waals surface area contributed by atoms with Crippen LogP contribution in [0, 0.1) is 13.8 Å². The van der Waals surface area contributed by atoms with Crippen LogP contribution in [0.4, 0.5) is 0 Å². The number of benzene rings is 1. The third-order valence-electron chi connectivity index (χ3n) is 3.77. The maximum Gasteiger partial charge on any atom is 0.0443 e. The van der Waals surface area contributed by atoms with E-state index in [-0.39, 0.29) is 0 Å². The lowest BCUT2D eigenvalue weighted by Gasteiger charge is -2.31. The first-order valence-electron chi connectivity index (χ1n) is 7.14. The Morgan fingerprint density at radius 2 is 2.17 bits per heavy atom. The van der Waals surface area contributed by atoms with Gasteiger partial charge in [0.25, 0.3) is 0 Å². The minimum atomic E-state index is 0.529. The Balaban J connectivity index is 2.22. The molecule has 0 radical (unpaired) electrons. The SMILES string of the molecule is CCNC(c1ccc(C)cc1C)C1CCCCS1. The maximum atomic E-state index is 3.71. The van der Waals surface area contributed by atoms with Crippen molar-refractivity contribution in [2.75, 3.05) is 12.3 Å². The molecule has 2 rings (SSSR count). The van der Waals surface area contributed by atoms with Crippen LogP contribution in [0.15, 0.2) is 18.2 Å². The molecule has 100 valence electrons. The van der Waals surface area contributed by atoms with Gasteiger partial charge in [0.2, 0.25) is 0 Å². The zero-order chi connectivity index (χ0) is 13.0. The van der Waals surface area contributed by atoms with Gasteiger partial charge in [-0.15, -0.1) is 0 Å². The summed E-state index contributed by atoms with van der Waals surface area (Å²) in [5.74, 6) is 1.33. The van der Waals surface area contributed by atoms with Gasteiger partial charge in [-0.3, -0.25) is 0 Å². The van der Waals surface area contributed by atoms with E-state index in [2.05, 4.69) is 56.0 Å². The van der Waals surface area contributed by atoms with Crippen molar-refractivity contribution >= 4 is 11.8 Å². The van der Waals surface area contributed by atoms with Crippen molar-refractivity contribution in [3.05, 3.63) is 34.9 Å². The van der Waals surface area contributed by atoms with Gasteiger partial charge in [0, 0.05) is 11.3 Å². The van der Waals surface area contributed by atoms with Crippen LogP contribution in [0.25, 0.3) is 0 Å². The fourth-order valence-electron chi connectivity index (χ4n) is 2.86. The smallest absolute Gasteiger partial charge is 0.0443 e. The summed E-state index contributed by atoms with van der Waals surface area (Å²) in [7, 11) is 0. The van der Waals surface area contributed by atoms with E-state index in [4.69, 9.17) is 0 Å². The summed E-state index contributed by atoms with van der Waals surface area (Å²) < 4.78 is 0. The molecule has 1 aromatic rings. The predicted molar refractivity (Wildman–Crippen MR) is 82.4 cm³/mol. The number of nitrogens with one attached hydrogen (secondary N) is 1. The molecule has 0 amide bonds. The van der Waals surface area contributed by atoms with E-state index in [0.717, 1.165) is 11.8 Å². The molecule has 0 saturated carbocycles. The maximum absolute atomic E-state index is 3.71. The second-order valence-electron chi connectivity index (χ2n) is 5.30. The van der Waals surface area contributed by atoms with Crippen molar-refractivity contribution in [3.63, 3.8) is 0 Å². The molecule has 1 nitrogen and oxygen atoms in total. The molecule has 2 unspecified atom stereocenters. The molecule has 1 aromatic carbocycles. The van der Waals surface area contributed by atoms with Crippen LogP contribution >= 0.6 is 11.8 Å². The largest absolute Gasteiger partial charge is 0.309 e. The summed E-state index contributed by atoms with van der Waals surface area (Å²) in [6.07, 6.45) is 4.15. The first-order chi connectivity index (χ1) is 8.72. The number of thioether (sulfide) groups is 1. The van der Waals surface area contributed by atoms with Crippen molar-refractivity contribution in [2.24, 2.45) is 0 Å². The normalized spacial score (nSPS) is 21.8. The van der Waals surface area contributed by atoms with E-state index >= 15 is 0 Å². The van der Waals surface area contributed by atoms with Crippen molar-refractivity contribution in [1.29, 1.82) is 0 Å². The first-order valence-corrected chi connectivity index (χ1v) is 8.19. The predicted octanol–water partition coefficient (Wildman–Crippen LogP) is 4.24. The molecule has 18 heavy (non-hydrogen) atoms. The van der Waals surface area contributed by atoms with Crippen LogP contribution in [0.5, 0.6) is 0 Å². The zero-order valence-corrected chi connectivity index (χ0v) is 12.6. The highest BCUT2D eigenvalue weighted by Crippen LogP contribution is 2.35. The molecule has 1 fully saturated rings. The second-order valence-corrected chi connectivity index (χ2v) is 6.65. The highest BCUT2D eigenvalue weighted by Gasteiger charge is 2.25. The van der Waals surface area contributed by atoms with Gasteiger partial charge in [0.15, 0.2) is 0 Å². The topological polar surface area (TPSA) is 12.0 Å². The quantitative estimate of drug-likeness (QED) is 0.872. The third kappa shape index (κ3) is 3.30. The number of aryl methyl sites for hydroxylation is 2. The molecule has 1 N–H and O–H groups in total. The highest BCUT2D eigenvalue weighted by molar-refractivity contribution is 8.00. The monoisotopic (exact) mass is 263 g/mol. The average molecular weight is 263 g/mol. The van der Waals surface area contributed by atoms with Crippen LogP contribution in [-0.4, -0.2) is 17.5 Å². The van der Waals surface area contributed by atoms with Crippen LogP contribution in [0.1, 0.15) is 48.9 Å². The van der Waals surface area contributed by atoms with Gasteiger partial charge >= 0.3 is 0 Å². The first kappa shape index (κ1) is 14.0. The summed E-state index contributed by atoms with van der Waals surface area (Å²) in [5, 5.41) is 4.46. The molecular formula is C16H25NS. The molecule has 1 saturated heterocycles. The van der Waals surface area contributed by atoms with Crippen LogP contribution in [0.2, 0.25) is 0 Å². The van der Waals surface area contributed by atoms with Gasteiger partial charge in [-0.05, 0) is 50.1 Å². The van der Waals surface area contributed by atoms with Crippen molar-refractivity contribution in [3.8, 4) is 0 Å². The molecule has 0 bridgehead atoms. The minimum absolute atomic E-state index is 0.529. The van der Waals surface area contributed by atoms with E-state index < -0.39 is 0 Å². The van der Waals surface area contributed by atoms with Crippen molar-refractivity contribution < 1.29 is 0 Å². The fraction of sp³-hybridized carbons (Fsp3) is 0.625. The Bertz CT molecular complexity index is 383. The average Bonchev–Trinajstić information content (AvgIpc) is 2.38. The van der Waals surface area contributed by atoms with E-state index in [1.807, 2.05) is 0 Å². The molecule has 0 aliphatic carbocycles. The number of hydrogen-bond acceptors (Lipinski definition) is 2. The van der Waals surface area contributed by atoms with Crippen molar-refractivity contribution in [1.82, 2.24) is 5.32 Å². The Hall–Kier alpha value is -0.470. The molecule has 1 aliphatic heterocycles. The molecule has 0 spiro atoms. The standard InChI is InChI=1S/C16H25NS/c1-4-17-16(15-7-5-6-10-18-15)14-9-8-12(2)11-13(14)3/h8-9,11,15-17H,4-7,10H2,1-3H3. The van der Waals surface area contributed by atoms with Crippen LogP contribution in [0.3, 0.4) is 0 Å². The van der Waals surface area contributed by atoms with Gasteiger partial charge in [-0.25, -0.2) is 0 Å². The molecule has 2 atom stereocenters. The van der Waals surface area contributed by atoms with Crippen LogP contribution < -0.4 is 5.32 Å². The summed E-state index contributed by atoms with van der Waals surface area (Å²) in [6.45, 7) is 7.69. The van der Waals surface area contributed by atoms with Gasteiger partial charge in [-0.2, -0.15) is 11.8 Å². The van der Waals surface area contributed by atoms with E-state index in [9.17, 15) is 0 Å². The Kier molecular flexibility index (Phi) is 5.13. The number of rotatable bonds is 4. The second kappa shape index (κ2) is 6.63. The lowest BCUT2D eigenvalue weighted by Crippen LogP contribution is -2.32. The van der Waals surface area contributed by atoms with Crippen LogP contribution in [-0.2, 0) is 0 Å². The lowest BCUT2D eigenvalue weighted by atomic mass is 9.94. The summed E-state index contributed by atoms with van der Waals surface area (Å²) in [5.41, 5.74) is 4.30. The molecule has 1 aliphatic rings. The van der Waals surface area contributed by atoms with Gasteiger partial charge < -0.3 is 5.32 Å². The third-order valence-corrected chi connectivity index (χ3v) is 5.23. The number of hydrogen-bond donors (Lipinski definition) is 1. The van der Waals surface area contributed by atoms with Gasteiger partial charge in [0.05, 0.1) is 0 Å². The minimum Gasteiger partial charge on any atom is -0.309 e. The highest BCUT2D eigenvalue weighted by atomic mass is 32.2. The fourth-order valence-corrected chi connectivity index (χ4v) is 4.31.